The highest BCUT2D eigenvalue weighted by molar-refractivity contribution is 5.97. The van der Waals surface area contributed by atoms with Crippen molar-refractivity contribution in [1.29, 1.82) is 0 Å². The summed E-state index contributed by atoms with van der Waals surface area (Å²) < 4.78 is 0. The quantitative estimate of drug-likeness (QED) is 0.0310. The van der Waals surface area contributed by atoms with Gasteiger partial charge in [0, 0.05) is 31.3 Å². The average Bonchev–Trinajstić information content (AvgIpc) is 3.66. The van der Waals surface area contributed by atoms with E-state index in [0.717, 1.165) is 0 Å². The highest BCUT2D eigenvalue weighted by Gasteiger charge is 2.35. The van der Waals surface area contributed by atoms with E-state index in [2.05, 4.69) is 41.5 Å². The molecule has 15 N–H and O–H groups in total. The van der Waals surface area contributed by atoms with Gasteiger partial charge >= 0.3 is 11.9 Å². The van der Waals surface area contributed by atoms with Crippen LogP contribution in [0.4, 0.5) is 0 Å². The van der Waals surface area contributed by atoms with E-state index >= 15 is 0 Å². The van der Waals surface area contributed by atoms with Gasteiger partial charge in [0.1, 0.15) is 36.0 Å². The summed E-state index contributed by atoms with van der Waals surface area (Å²) in [5.41, 5.74) is 17.4. The number of phenols is 1. The zero-order valence-corrected chi connectivity index (χ0v) is 32.4. The molecule has 1 aromatic carbocycles. The lowest BCUT2D eigenvalue weighted by Crippen LogP contribution is -2.61. The highest BCUT2D eigenvalue weighted by Crippen LogP contribution is 2.15. The molecule has 0 bridgehead atoms. The van der Waals surface area contributed by atoms with Gasteiger partial charge in [0.25, 0.3) is 0 Å². The van der Waals surface area contributed by atoms with E-state index in [1.54, 1.807) is 27.7 Å². The number of carboxylic acid groups (broad SMARTS) is 2. The van der Waals surface area contributed by atoms with E-state index in [0.29, 0.717) is 17.7 Å². The maximum absolute atomic E-state index is 14.0. The van der Waals surface area contributed by atoms with Crippen LogP contribution in [0, 0.1) is 11.8 Å². The second kappa shape index (κ2) is 23.0. The Kier molecular flexibility index (Phi) is 18.9. The Morgan fingerprint density at radius 1 is 0.789 bits per heavy atom. The number of aliphatic carboxylic acids is 2. The molecule has 314 valence electrons. The number of carbonyl (C=O) groups is 7. The largest absolute Gasteiger partial charge is 0.508 e. The van der Waals surface area contributed by atoms with E-state index in [9.17, 15) is 43.8 Å². The lowest BCUT2D eigenvalue weighted by molar-refractivity contribution is -0.142. The van der Waals surface area contributed by atoms with Crippen LogP contribution in [0.15, 0.2) is 41.8 Å². The number of aromatic hydroxyl groups is 1. The van der Waals surface area contributed by atoms with Crippen LogP contribution >= 0.6 is 0 Å². The Morgan fingerprint density at radius 2 is 1.37 bits per heavy atom. The maximum Gasteiger partial charge on any atom is 0.326 e. The van der Waals surface area contributed by atoms with E-state index in [-0.39, 0.29) is 43.9 Å². The fourth-order valence-corrected chi connectivity index (χ4v) is 5.49. The summed E-state index contributed by atoms with van der Waals surface area (Å²) in [5, 5.41) is 41.6. The van der Waals surface area contributed by atoms with Crippen LogP contribution in [0.2, 0.25) is 0 Å². The first kappa shape index (κ1) is 46.9. The topological polar surface area (TPSA) is 359 Å². The molecule has 21 heteroatoms. The number of hydrogen-bond acceptors (Lipinski definition) is 11. The van der Waals surface area contributed by atoms with Crippen LogP contribution in [0.5, 0.6) is 5.75 Å². The van der Waals surface area contributed by atoms with Crippen LogP contribution in [0.3, 0.4) is 0 Å². The number of carbonyl (C=O) groups excluding carboxylic acids is 5. The summed E-state index contributed by atoms with van der Waals surface area (Å²) in [4.78, 5) is 102. The van der Waals surface area contributed by atoms with Crippen molar-refractivity contribution in [2.45, 2.75) is 102 Å². The third kappa shape index (κ3) is 16.2. The minimum Gasteiger partial charge on any atom is -0.508 e. The smallest absolute Gasteiger partial charge is 0.326 e. The number of nitrogens with two attached hydrogens (primary N) is 3. The zero-order valence-electron chi connectivity index (χ0n) is 32.4. The molecule has 0 aliphatic heterocycles. The van der Waals surface area contributed by atoms with E-state index in [1.165, 1.54) is 36.8 Å². The molecule has 5 amide bonds. The number of benzene rings is 1. The lowest BCUT2D eigenvalue weighted by Gasteiger charge is -2.30. The van der Waals surface area contributed by atoms with Gasteiger partial charge in [-0.3, -0.25) is 33.8 Å². The van der Waals surface area contributed by atoms with Gasteiger partial charge in [-0.1, -0.05) is 46.2 Å². The minimum atomic E-state index is -1.48. The molecule has 57 heavy (non-hydrogen) atoms. The Balaban J connectivity index is 2.38. The Bertz CT molecular complexity index is 1700. The number of guanidine groups is 1. The first-order valence-corrected chi connectivity index (χ1v) is 18.3. The van der Waals surface area contributed by atoms with Gasteiger partial charge in [-0.15, -0.1) is 0 Å². The molecule has 7 atom stereocenters. The summed E-state index contributed by atoms with van der Waals surface area (Å²) in [7, 11) is 0. The molecule has 0 radical (unpaired) electrons. The number of aliphatic imine (C=N–C) groups is 1. The first-order valence-electron chi connectivity index (χ1n) is 18.3. The monoisotopic (exact) mass is 801 g/mol. The van der Waals surface area contributed by atoms with E-state index < -0.39 is 96.0 Å². The molecule has 0 aliphatic carbocycles. The molecule has 0 spiro atoms. The molecule has 21 nitrogen and oxygen atoms in total. The number of imidazole rings is 1. The number of phenolic OH excluding ortho intramolecular Hbond substituents is 1. The number of aromatic amines is 1. The second-order valence-electron chi connectivity index (χ2n) is 13.9. The standard InChI is InChI=1S/C36H55N11O10/c1-5-19(4)29(34(55)45-26(35(56)57)14-21-16-40-17-42-21)47-32(53)25(13-20-8-10-22(48)11-9-20)44-33(54)28(18(2)3)46-31(52)24(7-6-12-41-36(38)39)43-30(51)23(37)15-27(49)50/h8-11,16-19,23-26,28-29,48H,5-7,12-15,37H2,1-4H3,(H,40,42)(H,43,51)(H,44,54)(H,45,55)(H,46,52)(H,47,53)(H,49,50)(H,56,57)(H4,38,39,41)/t19-,23-,24-,25-,26-,28-,29-/m0/s1. The number of H-pyrrole nitrogens is 1. The Morgan fingerprint density at radius 3 is 1.91 bits per heavy atom. The third-order valence-corrected chi connectivity index (χ3v) is 8.95. The summed E-state index contributed by atoms with van der Waals surface area (Å²) in [6.45, 7) is 6.80. The summed E-state index contributed by atoms with van der Waals surface area (Å²) in [5.74, 6) is -8.10. The molecule has 0 saturated carbocycles. The molecule has 0 fully saturated rings. The van der Waals surface area contributed by atoms with Gasteiger partial charge in [0.2, 0.25) is 29.5 Å². The van der Waals surface area contributed by atoms with Crippen LogP contribution < -0.4 is 43.8 Å². The molecular weight excluding hydrogens is 746 g/mol. The van der Waals surface area contributed by atoms with Crippen LogP contribution in [-0.2, 0) is 46.4 Å². The molecule has 1 aromatic heterocycles. The van der Waals surface area contributed by atoms with Crippen molar-refractivity contribution in [3.63, 3.8) is 0 Å². The predicted molar refractivity (Wildman–Crippen MR) is 206 cm³/mol. The van der Waals surface area contributed by atoms with E-state index in [1.807, 2.05) is 0 Å². The number of hydrogen-bond donors (Lipinski definition) is 12. The van der Waals surface area contributed by atoms with Gasteiger partial charge < -0.3 is 64.1 Å². The van der Waals surface area contributed by atoms with Crippen molar-refractivity contribution in [3.8, 4) is 5.75 Å². The fourth-order valence-electron chi connectivity index (χ4n) is 5.49. The van der Waals surface area contributed by atoms with Crippen molar-refractivity contribution in [1.82, 2.24) is 36.6 Å². The molecule has 1 heterocycles. The number of aromatic nitrogens is 2. The summed E-state index contributed by atoms with van der Waals surface area (Å²) in [6.07, 6.45) is 2.40. The van der Waals surface area contributed by atoms with Crippen molar-refractivity contribution >= 4 is 47.4 Å². The molecule has 2 rings (SSSR count). The number of rotatable bonds is 24. The molecule has 2 aromatic rings. The van der Waals surface area contributed by atoms with E-state index in [4.69, 9.17) is 22.3 Å². The van der Waals surface area contributed by atoms with Gasteiger partial charge in [0.15, 0.2) is 5.96 Å². The van der Waals surface area contributed by atoms with Gasteiger partial charge in [-0.2, -0.15) is 0 Å². The average molecular weight is 802 g/mol. The second-order valence-corrected chi connectivity index (χ2v) is 13.9. The van der Waals surface area contributed by atoms with Crippen molar-refractivity contribution < 1.29 is 48.9 Å². The maximum atomic E-state index is 14.0. The number of nitrogens with one attached hydrogen (secondary N) is 6. The summed E-state index contributed by atoms with van der Waals surface area (Å²) in [6, 6.07) is -2.20. The zero-order chi connectivity index (χ0) is 42.8. The highest BCUT2D eigenvalue weighted by atomic mass is 16.4. The molecule has 0 aliphatic rings. The van der Waals surface area contributed by atoms with Gasteiger partial charge in [-0.25, -0.2) is 9.78 Å². The molecule has 0 unspecified atom stereocenters. The van der Waals surface area contributed by atoms with Crippen molar-refractivity contribution in [2.75, 3.05) is 6.54 Å². The van der Waals surface area contributed by atoms with Crippen molar-refractivity contribution in [3.05, 3.63) is 48.0 Å². The van der Waals surface area contributed by atoms with Crippen molar-refractivity contribution in [2.24, 2.45) is 34.0 Å². The number of carboxylic acids is 2. The summed E-state index contributed by atoms with van der Waals surface area (Å²) >= 11 is 0. The fraction of sp³-hybridized carbons (Fsp3) is 0.528. The number of amides is 5. The van der Waals surface area contributed by atoms with Crippen LogP contribution in [0.25, 0.3) is 0 Å². The Labute approximate surface area is 329 Å². The lowest BCUT2D eigenvalue weighted by atomic mass is 9.96. The van der Waals surface area contributed by atoms with Crippen LogP contribution in [-0.4, -0.2) is 116 Å². The minimum absolute atomic E-state index is 0.0316. The van der Waals surface area contributed by atoms with Crippen LogP contribution in [0.1, 0.15) is 64.6 Å². The number of nitrogens with zero attached hydrogens (tertiary/aromatic N) is 2. The Hall–Kier alpha value is -6.25. The predicted octanol–water partition coefficient (Wildman–Crippen LogP) is -2.03. The third-order valence-electron chi connectivity index (χ3n) is 8.95. The normalized spacial score (nSPS) is 14.7. The SMILES string of the molecule is CC[C@H](C)[C@H](NC(=O)[C@H](Cc1ccc(O)cc1)NC(=O)[C@@H](NC(=O)[C@H](CCCN=C(N)N)NC(=O)[C@@H](N)CC(=O)O)C(C)C)C(=O)N[C@@H](Cc1cnc[nH]1)C(=O)O. The van der Waals surface area contributed by atoms with Gasteiger partial charge in [0.05, 0.1) is 18.8 Å². The van der Waals surface area contributed by atoms with Gasteiger partial charge in [-0.05, 0) is 42.4 Å². The first-order chi connectivity index (χ1) is 26.8. The molecule has 0 saturated heterocycles. The molecular formula is C36H55N11O10.